The minimum absolute atomic E-state index is 0.0858. The first-order valence-electron chi connectivity index (χ1n) is 5.08. The number of halogens is 2. The minimum atomic E-state index is -0.145. The highest BCUT2D eigenvalue weighted by molar-refractivity contribution is 9.10. The Morgan fingerprint density at radius 3 is 2.60 bits per heavy atom. The van der Waals surface area contributed by atoms with E-state index in [-0.39, 0.29) is 11.4 Å². The summed E-state index contributed by atoms with van der Waals surface area (Å²) in [4.78, 5) is 0. The lowest BCUT2D eigenvalue weighted by Gasteiger charge is -2.20. The van der Waals surface area contributed by atoms with Gasteiger partial charge in [-0.1, -0.05) is 12.1 Å². The van der Waals surface area contributed by atoms with E-state index in [0.29, 0.717) is 10.9 Å². The molecule has 0 unspecified atom stereocenters. The van der Waals surface area contributed by atoms with E-state index in [2.05, 4.69) is 42.0 Å². The molecule has 0 amide bonds. The second-order valence-corrected chi connectivity index (χ2v) is 5.49. The number of hydrogen-bond donors (Lipinski definition) is 1. The topological polar surface area (TPSA) is 12.0 Å². The summed E-state index contributed by atoms with van der Waals surface area (Å²) in [5.74, 6) is -0.145. The van der Waals surface area contributed by atoms with Gasteiger partial charge in [0.1, 0.15) is 5.82 Å². The number of hydrogen-bond acceptors (Lipinski definition) is 1. The molecule has 0 atom stereocenters. The fraction of sp³-hybridized carbons (Fsp3) is 0.500. The Kier molecular flexibility index (Phi) is 4.29. The van der Waals surface area contributed by atoms with Crippen LogP contribution in [0.4, 0.5) is 4.39 Å². The maximum atomic E-state index is 13.5. The number of rotatable bonds is 3. The van der Waals surface area contributed by atoms with Crippen molar-refractivity contribution < 1.29 is 4.39 Å². The van der Waals surface area contributed by atoms with E-state index in [0.717, 1.165) is 12.1 Å². The average molecular weight is 274 g/mol. The highest BCUT2D eigenvalue weighted by atomic mass is 79.9. The third-order valence-electron chi connectivity index (χ3n) is 2.08. The molecule has 0 spiro atoms. The van der Waals surface area contributed by atoms with Gasteiger partial charge in [0.2, 0.25) is 0 Å². The van der Waals surface area contributed by atoms with Crippen LogP contribution in [-0.4, -0.2) is 12.1 Å². The molecule has 1 aromatic rings. The van der Waals surface area contributed by atoms with Crippen molar-refractivity contribution in [3.05, 3.63) is 34.1 Å². The van der Waals surface area contributed by atoms with Crippen LogP contribution in [0, 0.1) is 5.82 Å². The smallest absolute Gasteiger partial charge is 0.140 e. The zero-order valence-electron chi connectivity index (χ0n) is 9.40. The Bertz CT molecular complexity index is 331. The maximum absolute atomic E-state index is 13.5. The fourth-order valence-corrected chi connectivity index (χ4v) is 1.72. The molecule has 15 heavy (non-hydrogen) atoms. The van der Waals surface area contributed by atoms with Gasteiger partial charge in [0.15, 0.2) is 0 Å². The third kappa shape index (κ3) is 4.31. The quantitative estimate of drug-likeness (QED) is 0.889. The zero-order chi connectivity index (χ0) is 11.5. The van der Waals surface area contributed by atoms with Crippen molar-refractivity contribution >= 4 is 15.9 Å². The van der Waals surface area contributed by atoms with E-state index in [9.17, 15) is 4.39 Å². The van der Waals surface area contributed by atoms with Crippen LogP contribution < -0.4 is 5.32 Å². The van der Waals surface area contributed by atoms with Gasteiger partial charge >= 0.3 is 0 Å². The highest BCUT2D eigenvalue weighted by Gasteiger charge is 2.09. The van der Waals surface area contributed by atoms with Crippen LogP contribution in [0.25, 0.3) is 0 Å². The van der Waals surface area contributed by atoms with Crippen molar-refractivity contribution in [2.75, 3.05) is 6.54 Å². The van der Waals surface area contributed by atoms with Crippen LogP contribution in [0.3, 0.4) is 0 Å². The van der Waals surface area contributed by atoms with Gasteiger partial charge in [0, 0.05) is 5.54 Å². The lowest BCUT2D eigenvalue weighted by Crippen LogP contribution is -2.37. The summed E-state index contributed by atoms with van der Waals surface area (Å²) < 4.78 is 14.1. The Morgan fingerprint density at radius 2 is 2.00 bits per heavy atom. The monoisotopic (exact) mass is 273 g/mol. The van der Waals surface area contributed by atoms with Gasteiger partial charge in [0.05, 0.1) is 4.47 Å². The molecule has 1 nitrogen and oxygen atoms in total. The van der Waals surface area contributed by atoms with Crippen LogP contribution in [0.5, 0.6) is 0 Å². The molecule has 0 fully saturated rings. The van der Waals surface area contributed by atoms with E-state index in [1.165, 1.54) is 0 Å². The first-order chi connectivity index (χ1) is 6.90. The van der Waals surface area contributed by atoms with Crippen LogP contribution in [-0.2, 0) is 6.42 Å². The SMILES string of the molecule is CC(C)(C)NCCc1cccc(Br)c1F. The van der Waals surface area contributed by atoms with Gasteiger partial charge in [-0.05, 0) is 61.3 Å². The molecule has 0 bridgehead atoms. The molecule has 3 heteroatoms. The normalized spacial score (nSPS) is 11.8. The molecule has 0 aromatic heterocycles. The van der Waals surface area contributed by atoms with Crippen LogP contribution in [0.15, 0.2) is 22.7 Å². The van der Waals surface area contributed by atoms with Crippen molar-refractivity contribution in [1.29, 1.82) is 0 Å². The first-order valence-corrected chi connectivity index (χ1v) is 5.87. The highest BCUT2D eigenvalue weighted by Crippen LogP contribution is 2.18. The molecule has 0 saturated carbocycles. The van der Waals surface area contributed by atoms with Crippen LogP contribution in [0.2, 0.25) is 0 Å². The molecule has 1 N–H and O–H groups in total. The summed E-state index contributed by atoms with van der Waals surface area (Å²) in [5.41, 5.74) is 0.837. The minimum Gasteiger partial charge on any atom is -0.312 e. The lowest BCUT2D eigenvalue weighted by atomic mass is 10.1. The third-order valence-corrected chi connectivity index (χ3v) is 2.69. The summed E-state index contributed by atoms with van der Waals surface area (Å²) >= 11 is 3.18. The average Bonchev–Trinajstić information content (AvgIpc) is 2.10. The van der Waals surface area contributed by atoms with Crippen LogP contribution >= 0.6 is 15.9 Å². The van der Waals surface area contributed by atoms with Gasteiger partial charge in [-0.25, -0.2) is 4.39 Å². The zero-order valence-corrected chi connectivity index (χ0v) is 11.0. The summed E-state index contributed by atoms with van der Waals surface area (Å²) in [5, 5.41) is 3.34. The number of benzene rings is 1. The molecule has 0 saturated heterocycles. The molecule has 1 rings (SSSR count). The summed E-state index contributed by atoms with van der Waals surface area (Å²) in [6.45, 7) is 7.09. The van der Waals surface area contributed by atoms with E-state index < -0.39 is 0 Å². The van der Waals surface area contributed by atoms with Gasteiger partial charge in [-0.3, -0.25) is 0 Å². The predicted molar refractivity (Wildman–Crippen MR) is 65.6 cm³/mol. The van der Waals surface area contributed by atoms with Gasteiger partial charge in [-0.15, -0.1) is 0 Å². The molecule has 1 aromatic carbocycles. The van der Waals surface area contributed by atoms with Crippen molar-refractivity contribution in [2.24, 2.45) is 0 Å². The van der Waals surface area contributed by atoms with Crippen molar-refractivity contribution in [1.82, 2.24) is 5.32 Å². The first kappa shape index (κ1) is 12.7. The van der Waals surface area contributed by atoms with Crippen molar-refractivity contribution in [2.45, 2.75) is 32.7 Å². The Balaban J connectivity index is 2.55. The van der Waals surface area contributed by atoms with E-state index in [4.69, 9.17) is 0 Å². The molecule has 84 valence electrons. The Labute approximate surface area is 99.2 Å². The van der Waals surface area contributed by atoms with Gasteiger partial charge < -0.3 is 5.32 Å². The van der Waals surface area contributed by atoms with Crippen molar-refractivity contribution in [3.63, 3.8) is 0 Å². The predicted octanol–water partition coefficient (Wildman–Crippen LogP) is 3.52. The molecule has 0 heterocycles. The summed E-state index contributed by atoms with van der Waals surface area (Å²) in [6, 6.07) is 5.40. The second-order valence-electron chi connectivity index (χ2n) is 4.64. The van der Waals surface area contributed by atoms with E-state index in [1.54, 1.807) is 6.07 Å². The maximum Gasteiger partial charge on any atom is 0.140 e. The van der Waals surface area contributed by atoms with E-state index >= 15 is 0 Å². The molecule has 0 aliphatic heterocycles. The van der Waals surface area contributed by atoms with E-state index in [1.807, 2.05) is 12.1 Å². The Morgan fingerprint density at radius 1 is 1.33 bits per heavy atom. The molecule has 0 aliphatic rings. The second kappa shape index (κ2) is 5.08. The van der Waals surface area contributed by atoms with Gasteiger partial charge in [0.25, 0.3) is 0 Å². The molecular formula is C12H17BrFN. The van der Waals surface area contributed by atoms with Gasteiger partial charge in [-0.2, -0.15) is 0 Å². The Hall–Kier alpha value is -0.410. The fourth-order valence-electron chi connectivity index (χ4n) is 1.31. The number of nitrogens with one attached hydrogen (secondary N) is 1. The molecular weight excluding hydrogens is 257 g/mol. The summed E-state index contributed by atoms with van der Waals surface area (Å²) in [6.07, 6.45) is 0.711. The van der Waals surface area contributed by atoms with Crippen LogP contribution in [0.1, 0.15) is 26.3 Å². The lowest BCUT2D eigenvalue weighted by molar-refractivity contribution is 0.427. The molecule has 0 aliphatic carbocycles. The molecule has 0 radical (unpaired) electrons. The van der Waals surface area contributed by atoms with Crippen molar-refractivity contribution in [3.8, 4) is 0 Å². The standard InChI is InChI=1S/C12H17BrFN/c1-12(2,3)15-8-7-9-5-4-6-10(13)11(9)14/h4-6,15H,7-8H2,1-3H3. The summed E-state index contributed by atoms with van der Waals surface area (Å²) in [7, 11) is 0. The largest absolute Gasteiger partial charge is 0.312 e.